The first kappa shape index (κ1) is 15.4. The number of aromatic nitrogens is 3. The predicted octanol–water partition coefficient (Wildman–Crippen LogP) is 1.50. The second-order valence-electron chi connectivity index (χ2n) is 6.26. The van der Waals surface area contributed by atoms with E-state index in [1.54, 1.807) is 47.5 Å². The molecular weight excluding hydrogens is 320 g/mol. The molecule has 0 radical (unpaired) electrons. The fraction of sp³-hybridized carbons (Fsp3) is 0.278. The molecule has 128 valence electrons. The lowest BCUT2D eigenvalue weighted by Crippen LogP contribution is -2.45. The van der Waals surface area contributed by atoms with Crippen LogP contribution in [-0.4, -0.2) is 38.4 Å². The average molecular weight is 338 g/mol. The smallest absolute Gasteiger partial charge is 0.329 e. The number of hydrogen-bond donors (Lipinski definition) is 2. The molecule has 7 heteroatoms. The summed E-state index contributed by atoms with van der Waals surface area (Å²) in [5.74, 6) is -0.0526. The number of H-pyrrole nitrogens is 2. The van der Waals surface area contributed by atoms with Crippen LogP contribution >= 0.6 is 0 Å². The Morgan fingerprint density at radius 3 is 2.52 bits per heavy atom. The van der Waals surface area contributed by atoms with E-state index in [0.717, 1.165) is 0 Å². The molecule has 2 N–H and O–H groups in total. The molecule has 3 heterocycles. The molecule has 1 fully saturated rings. The highest BCUT2D eigenvalue weighted by molar-refractivity contribution is 5.92. The molecule has 3 aromatic rings. The highest BCUT2D eigenvalue weighted by Crippen LogP contribution is 2.21. The zero-order valence-corrected chi connectivity index (χ0v) is 13.6. The van der Waals surface area contributed by atoms with Gasteiger partial charge in [-0.05, 0) is 37.1 Å². The number of rotatable bonds is 2. The maximum absolute atomic E-state index is 12.7. The minimum Gasteiger partial charge on any atom is -0.357 e. The Bertz CT molecular complexity index is 1020. The van der Waals surface area contributed by atoms with Crippen LogP contribution in [0, 0.1) is 0 Å². The van der Waals surface area contributed by atoms with Crippen molar-refractivity contribution in [3.63, 3.8) is 0 Å². The fourth-order valence-corrected chi connectivity index (χ4v) is 3.47. The number of fused-ring (bicyclic) bond motifs is 1. The van der Waals surface area contributed by atoms with Crippen molar-refractivity contribution in [2.45, 2.75) is 18.9 Å². The van der Waals surface area contributed by atoms with Gasteiger partial charge in [0, 0.05) is 25.3 Å². The van der Waals surface area contributed by atoms with E-state index in [1.165, 1.54) is 4.57 Å². The number of para-hydroxylation sites is 1. The van der Waals surface area contributed by atoms with Crippen LogP contribution in [0.3, 0.4) is 0 Å². The molecule has 4 rings (SSSR count). The molecule has 0 bridgehead atoms. The van der Waals surface area contributed by atoms with Gasteiger partial charge in [-0.3, -0.25) is 14.2 Å². The Balaban J connectivity index is 1.59. The van der Waals surface area contributed by atoms with Gasteiger partial charge in [0.1, 0.15) is 5.69 Å². The van der Waals surface area contributed by atoms with Crippen LogP contribution in [0.1, 0.15) is 29.4 Å². The third-order valence-electron chi connectivity index (χ3n) is 4.78. The van der Waals surface area contributed by atoms with Crippen molar-refractivity contribution in [2.24, 2.45) is 0 Å². The van der Waals surface area contributed by atoms with Gasteiger partial charge in [0.05, 0.1) is 10.9 Å². The lowest BCUT2D eigenvalue weighted by atomic mass is 10.0. The van der Waals surface area contributed by atoms with Gasteiger partial charge in [-0.2, -0.15) is 0 Å². The van der Waals surface area contributed by atoms with Crippen LogP contribution in [0.4, 0.5) is 0 Å². The number of nitrogens with one attached hydrogen (secondary N) is 2. The first-order valence-corrected chi connectivity index (χ1v) is 8.31. The SMILES string of the molecule is O=C(c1ccc[nH]1)N1CCC(n2c(=O)[nH]c3ccccc3c2=O)CC1. The third kappa shape index (κ3) is 2.67. The summed E-state index contributed by atoms with van der Waals surface area (Å²) in [6.07, 6.45) is 2.87. The zero-order valence-electron chi connectivity index (χ0n) is 13.6. The van der Waals surface area contributed by atoms with Crippen molar-refractivity contribution in [2.75, 3.05) is 13.1 Å². The Kier molecular flexibility index (Phi) is 3.76. The van der Waals surface area contributed by atoms with Gasteiger partial charge in [-0.15, -0.1) is 0 Å². The van der Waals surface area contributed by atoms with E-state index in [9.17, 15) is 14.4 Å². The molecule has 0 saturated carbocycles. The number of hydrogen-bond acceptors (Lipinski definition) is 3. The second kappa shape index (κ2) is 6.08. The first-order valence-electron chi connectivity index (χ1n) is 8.31. The highest BCUT2D eigenvalue weighted by atomic mass is 16.2. The van der Waals surface area contributed by atoms with Crippen molar-refractivity contribution >= 4 is 16.8 Å². The number of carbonyl (C=O) groups is 1. The van der Waals surface area contributed by atoms with Gasteiger partial charge in [0.25, 0.3) is 11.5 Å². The third-order valence-corrected chi connectivity index (χ3v) is 4.78. The molecule has 0 unspecified atom stereocenters. The first-order chi connectivity index (χ1) is 12.1. The maximum Gasteiger partial charge on any atom is 0.329 e. The minimum absolute atomic E-state index is 0.0526. The van der Waals surface area contributed by atoms with Crippen molar-refractivity contribution in [3.05, 3.63) is 69.1 Å². The summed E-state index contributed by atoms with van der Waals surface area (Å²) < 4.78 is 1.30. The molecule has 25 heavy (non-hydrogen) atoms. The Labute approximate surface area is 142 Å². The summed E-state index contributed by atoms with van der Waals surface area (Å²) in [6, 6.07) is 10.3. The van der Waals surface area contributed by atoms with Gasteiger partial charge >= 0.3 is 5.69 Å². The zero-order chi connectivity index (χ0) is 17.4. The molecule has 0 atom stereocenters. The molecule has 1 amide bonds. The number of amides is 1. The van der Waals surface area contributed by atoms with E-state index >= 15 is 0 Å². The second-order valence-corrected chi connectivity index (χ2v) is 6.26. The standard InChI is InChI=1S/C18H18N4O3/c23-16-13-4-1-2-5-14(13)20-18(25)22(16)12-7-10-21(11-8-12)17(24)15-6-3-9-19-15/h1-6,9,12,19H,7-8,10-11H2,(H,20,25). The summed E-state index contributed by atoms with van der Waals surface area (Å²) in [6.45, 7) is 1.03. The maximum atomic E-state index is 12.7. The quantitative estimate of drug-likeness (QED) is 0.742. The molecule has 2 aromatic heterocycles. The van der Waals surface area contributed by atoms with Gasteiger partial charge < -0.3 is 14.9 Å². The average Bonchev–Trinajstić information content (AvgIpc) is 3.16. The van der Waals surface area contributed by atoms with Gasteiger partial charge in [-0.25, -0.2) is 4.79 Å². The van der Waals surface area contributed by atoms with Crippen molar-refractivity contribution in [3.8, 4) is 0 Å². The minimum atomic E-state index is -0.391. The molecule has 7 nitrogen and oxygen atoms in total. The number of piperidine rings is 1. The fourth-order valence-electron chi connectivity index (χ4n) is 3.47. The Hall–Kier alpha value is -3.09. The van der Waals surface area contributed by atoms with E-state index < -0.39 is 5.69 Å². The molecule has 1 aliphatic rings. The summed E-state index contributed by atoms with van der Waals surface area (Å²) in [4.78, 5) is 44.9. The summed E-state index contributed by atoms with van der Waals surface area (Å²) in [5, 5.41) is 0.506. The molecule has 1 saturated heterocycles. The van der Waals surface area contributed by atoms with Crippen LogP contribution in [0.2, 0.25) is 0 Å². The molecule has 1 aliphatic heterocycles. The van der Waals surface area contributed by atoms with Crippen LogP contribution in [0.25, 0.3) is 10.9 Å². The van der Waals surface area contributed by atoms with E-state index in [2.05, 4.69) is 9.97 Å². The molecule has 0 aliphatic carbocycles. The lowest BCUT2D eigenvalue weighted by molar-refractivity contribution is 0.0687. The summed E-state index contributed by atoms with van der Waals surface area (Å²) >= 11 is 0. The van der Waals surface area contributed by atoms with Gasteiger partial charge in [-0.1, -0.05) is 12.1 Å². The van der Waals surface area contributed by atoms with Gasteiger partial charge in [0.15, 0.2) is 0 Å². The number of nitrogens with zero attached hydrogens (tertiary/aromatic N) is 2. The molecule has 1 aromatic carbocycles. The lowest BCUT2D eigenvalue weighted by Gasteiger charge is -2.32. The summed E-state index contributed by atoms with van der Waals surface area (Å²) in [5.41, 5.74) is 0.443. The van der Waals surface area contributed by atoms with Crippen LogP contribution < -0.4 is 11.2 Å². The van der Waals surface area contributed by atoms with Crippen molar-refractivity contribution < 1.29 is 4.79 Å². The predicted molar refractivity (Wildman–Crippen MR) is 93.8 cm³/mol. The largest absolute Gasteiger partial charge is 0.357 e. The van der Waals surface area contributed by atoms with Crippen LogP contribution in [0.5, 0.6) is 0 Å². The number of likely N-dealkylation sites (tertiary alicyclic amines) is 1. The number of aromatic amines is 2. The van der Waals surface area contributed by atoms with Crippen molar-refractivity contribution in [1.82, 2.24) is 19.4 Å². The van der Waals surface area contributed by atoms with Crippen molar-refractivity contribution in [1.29, 1.82) is 0 Å². The molecule has 0 spiro atoms. The normalized spacial score (nSPS) is 15.6. The van der Waals surface area contributed by atoms with Crippen LogP contribution in [-0.2, 0) is 0 Å². The topological polar surface area (TPSA) is 91.0 Å². The Morgan fingerprint density at radius 1 is 1.04 bits per heavy atom. The summed E-state index contributed by atoms with van der Waals surface area (Å²) in [7, 11) is 0. The van der Waals surface area contributed by atoms with E-state index in [1.807, 2.05) is 0 Å². The number of carbonyl (C=O) groups excluding carboxylic acids is 1. The van der Waals surface area contributed by atoms with E-state index in [0.29, 0.717) is 42.5 Å². The highest BCUT2D eigenvalue weighted by Gasteiger charge is 2.27. The van der Waals surface area contributed by atoms with Crippen LogP contribution in [0.15, 0.2) is 52.2 Å². The Morgan fingerprint density at radius 2 is 1.80 bits per heavy atom. The van der Waals surface area contributed by atoms with E-state index in [4.69, 9.17) is 0 Å². The van der Waals surface area contributed by atoms with E-state index in [-0.39, 0.29) is 17.5 Å². The monoisotopic (exact) mass is 338 g/mol. The van der Waals surface area contributed by atoms with Gasteiger partial charge in [0.2, 0.25) is 0 Å². The number of benzene rings is 1. The molecular formula is C18H18N4O3.